The SMILES string of the molecule is O=S(O)NCCc1cccc(O)c1. The van der Waals surface area contributed by atoms with Crippen molar-refractivity contribution in [2.45, 2.75) is 6.42 Å². The average Bonchev–Trinajstić information content (AvgIpc) is 2.03. The molecule has 0 radical (unpaired) electrons. The van der Waals surface area contributed by atoms with Crippen molar-refractivity contribution >= 4 is 11.3 Å². The van der Waals surface area contributed by atoms with E-state index in [1.165, 1.54) is 0 Å². The van der Waals surface area contributed by atoms with E-state index in [1.807, 2.05) is 6.07 Å². The first-order chi connectivity index (χ1) is 6.18. The Morgan fingerprint density at radius 2 is 2.23 bits per heavy atom. The molecule has 5 heteroatoms. The zero-order valence-corrected chi connectivity index (χ0v) is 7.75. The van der Waals surface area contributed by atoms with Crippen LogP contribution in [0.15, 0.2) is 24.3 Å². The quantitative estimate of drug-likeness (QED) is 0.627. The Morgan fingerprint density at radius 3 is 2.85 bits per heavy atom. The molecule has 72 valence electrons. The van der Waals surface area contributed by atoms with Gasteiger partial charge in [-0.3, -0.25) is 4.55 Å². The minimum Gasteiger partial charge on any atom is -0.508 e. The fourth-order valence-corrected chi connectivity index (χ4v) is 1.27. The van der Waals surface area contributed by atoms with E-state index >= 15 is 0 Å². The van der Waals surface area contributed by atoms with E-state index in [4.69, 9.17) is 9.66 Å². The van der Waals surface area contributed by atoms with Crippen molar-refractivity contribution in [3.63, 3.8) is 0 Å². The summed E-state index contributed by atoms with van der Waals surface area (Å²) in [6.45, 7) is 0.409. The Bertz CT molecular complexity index is 303. The predicted molar refractivity (Wildman–Crippen MR) is 50.6 cm³/mol. The van der Waals surface area contributed by atoms with Gasteiger partial charge in [0.15, 0.2) is 0 Å². The molecule has 1 aromatic carbocycles. The maximum absolute atomic E-state index is 10.2. The highest BCUT2D eigenvalue weighted by Crippen LogP contribution is 2.10. The summed E-state index contributed by atoms with van der Waals surface area (Å²) in [5.41, 5.74) is 0.929. The summed E-state index contributed by atoms with van der Waals surface area (Å²) in [5.74, 6) is 0.211. The van der Waals surface area contributed by atoms with E-state index in [1.54, 1.807) is 18.2 Å². The van der Waals surface area contributed by atoms with Crippen molar-refractivity contribution in [3.05, 3.63) is 29.8 Å². The molecule has 3 N–H and O–H groups in total. The highest BCUT2D eigenvalue weighted by atomic mass is 32.2. The Morgan fingerprint density at radius 1 is 1.46 bits per heavy atom. The van der Waals surface area contributed by atoms with Crippen LogP contribution < -0.4 is 4.72 Å². The standard InChI is InChI=1S/C8H11NO3S/c10-8-3-1-2-7(6-8)4-5-9-13(11)12/h1-3,6,9-10H,4-5H2,(H,11,12). The lowest BCUT2D eigenvalue weighted by Crippen LogP contribution is -2.18. The van der Waals surface area contributed by atoms with Crippen LogP contribution in [0.25, 0.3) is 0 Å². The molecular formula is C8H11NO3S. The Balaban J connectivity index is 2.41. The second-order valence-corrected chi connectivity index (χ2v) is 3.35. The first kappa shape index (κ1) is 10.2. The number of nitrogens with one attached hydrogen (secondary N) is 1. The molecule has 0 heterocycles. The minimum absolute atomic E-state index is 0.211. The van der Waals surface area contributed by atoms with E-state index in [0.29, 0.717) is 13.0 Å². The molecule has 1 unspecified atom stereocenters. The molecule has 4 nitrogen and oxygen atoms in total. The molecular weight excluding hydrogens is 190 g/mol. The Hall–Kier alpha value is -0.910. The van der Waals surface area contributed by atoms with Gasteiger partial charge in [-0.2, -0.15) is 0 Å². The van der Waals surface area contributed by atoms with Crippen molar-refractivity contribution in [3.8, 4) is 5.75 Å². The smallest absolute Gasteiger partial charge is 0.231 e. The number of rotatable bonds is 4. The van der Waals surface area contributed by atoms with Crippen LogP contribution in [-0.4, -0.2) is 20.4 Å². The molecule has 0 aliphatic rings. The average molecular weight is 201 g/mol. The number of hydrogen-bond acceptors (Lipinski definition) is 2. The van der Waals surface area contributed by atoms with Crippen molar-refractivity contribution in [1.82, 2.24) is 4.72 Å². The first-order valence-corrected chi connectivity index (χ1v) is 4.91. The summed E-state index contributed by atoms with van der Waals surface area (Å²) < 4.78 is 21.0. The lowest BCUT2D eigenvalue weighted by atomic mass is 10.1. The first-order valence-electron chi connectivity index (χ1n) is 3.81. The molecule has 0 amide bonds. The van der Waals surface area contributed by atoms with Crippen LogP contribution in [-0.2, 0) is 17.7 Å². The third-order valence-corrected chi connectivity index (χ3v) is 2.00. The van der Waals surface area contributed by atoms with Gasteiger partial charge >= 0.3 is 0 Å². The third kappa shape index (κ3) is 4.02. The maximum Gasteiger partial charge on any atom is 0.231 e. The van der Waals surface area contributed by atoms with Gasteiger partial charge in [-0.1, -0.05) is 12.1 Å². The Kier molecular flexibility index (Phi) is 3.88. The molecule has 13 heavy (non-hydrogen) atoms. The van der Waals surface area contributed by atoms with E-state index in [9.17, 15) is 4.21 Å². The molecule has 0 aliphatic carbocycles. The maximum atomic E-state index is 10.2. The Labute approximate surface area is 79.0 Å². The normalized spacial score (nSPS) is 12.7. The van der Waals surface area contributed by atoms with Crippen LogP contribution in [0.1, 0.15) is 5.56 Å². The number of phenolic OH excluding ortho intramolecular Hbond substituents is 1. The molecule has 1 aromatic rings. The molecule has 1 rings (SSSR count). The van der Waals surface area contributed by atoms with Crippen LogP contribution in [0.2, 0.25) is 0 Å². The van der Waals surface area contributed by atoms with Gasteiger partial charge < -0.3 is 5.11 Å². The molecule has 0 saturated carbocycles. The lowest BCUT2D eigenvalue weighted by Gasteiger charge is -2.01. The number of hydrogen-bond donors (Lipinski definition) is 3. The molecule has 0 saturated heterocycles. The second-order valence-electron chi connectivity index (χ2n) is 2.56. The van der Waals surface area contributed by atoms with Gasteiger partial charge in [0.25, 0.3) is 0 Å². The van der Waals surface area contributed by atoms with Gasteiger partial charge in [-0.05, 0) is 24.1 Å². The highest BCUT2D eigenvalue weighted by molar-refractivity contribution is 7.77. The predicted octanol–water partition coefficient (Wildman–Crippen LogP) is 0.661. The topological polar surface area (TPSA) is 69.6 Å². The third-order valence-electron chi connectivity index (χ3n) is 1.55. The zero-order chi connectivity index (χ0) is 9.68. The van der Waals surface area contributed by atoms with E-state index in [-0.39, 0.29) is 5.75 Å². The molecule has 0 fully saturated rings. The largest absolute Gasteiger partial charge is 0.508 e. The van der Waals surface area contributed by atoms with Crippen molar-refractivity contribution in [2.24, 2.45) is 0 Å². The molecule has 0 aromatic heterocycles. The number of phenols is 1. The summed E-state index contributed by atoms with van der Waals surface area (Å²) in [6, 6.07) is 6.80. The number of benzene rings is 1. The van der Waals surface area contributed by atoms with Crippen LogP contribution in [0.3, 0.4) is 0 Å². The van der Waals surface area contributed by atoms with E-state index in [2.05, 4.69) is 4.72 Å². The van der Waals surface area contributed by atoms with Crippen molar-refractivity contribution < 1.29 is 13.9 Å². The van der Waals surface area contributed by atoms with Gasteiger partial charge in [0, 0.05) is 6.54 Å². The van der Waals surface area contributed by atoms with Gasteiger partial charge in [-0.15, -0.1) is 0 Å². The van der Waals surface area contributed by atoms with Crippen LogP contribution in [0.4, 0.5) is 0 Å². The van der Waals surface area contributed by atoms with Gasteiger partial charge in [0.2, 0.25) is 11.3 Å². The monoisotopic (exact) mass is 201 g/mol. The molecule has 0 bridgehead atoms. The summed E-state index contributed by atoms with van der Waals surface area (Å²) >= 11 is -1.96. The van der Waals surface area contributed by atoms with Crippen LogP contribution in [0, 0.1) is 0 Å². The van der Waals surface area contributed by atoms with Gasteiger partial charge in [-0.25, -0.2) is 8.93 Å². The summed E-state index contributed by atoms with van der Waals surface area (Å²) in [7, 11) is 0. The van der Waals surface area contributed by atoms with Gasteiger partial charge in [0.05, 0.1) is 0 Å². The molecule has 0 spiro atoms. The summed E-state index contributed by atoms with van der Waals surface area (Å²) in [4.78, 5) is 0. The number of aromatic hydroxyl groups is 1. The summed E-state index contributed by atoms with van der Waals surface area (Å²) in [6.07, 6.45) is 0.612. The van der Waals surface area contributed by atoms with Crippen LogP contribution in [0.5, 0.6) is 5.75 Å². The second kappa shape index (κ2) is 4.96. The van der Waals surface area contributed by atoms with E-state index in [0.717, 1.165) is 5.56 Å². The van der Waals surface area contributed by atoms with Crippen LogP contribution >= 0.6 is 0 Å². The lowest BCUT2D eigenvalue weighted by molar-refractivity contribution is 0.474. The fraction of sp³-hybridized carbons (Fsp3) is 0.250. The molecule has 1 atom stereocenters. The highest BCUT2D eigenvalue weighted by Gasteiger charge is 1.95. The van der Waals surface area contributed by atoms with E-state index < -0.39 is 11.3 Å². The zero-order valence-electron chi connectivity index (χ0n) is 6.93. The minimum atomic E-state index is -1.96. The summed E-state index contributed by atoms with van der Waals surface area (Å²) in [5, 5.41) is 9.09. The van der Waals surface area contributed by atoms with Crippen molar-refractivity contribution in [1.29, 1.82) is 0 Å². The van der Waals surface area contributed by atoms with Gasteiger partial charge in [0.1, 0.15) is 5.75 Å². The fourth-order valence-electron chi connectivity index (χ4n) is 0.995. The van der Waals surface area contributed by atoms with Crippen molar-refractivity contribution in [2.75, 3.05) is 6.54 Å². The molecule has 0 aliphatic heterocycles.